The summed E-state index contributed by atoms with van der Waals surface area (Å²) in [5.74, 6) is -5.74. The van der Waals surface area contributed by atoms with Gasteiger partial charge in [-0.2, -0.15) is 0 Å². The first-order valence-electron chi connectivity index (χ1n) is 9.17. The molecule has 5 N–H and O–H groups in total. The van der Waals surface area contributed by atoms with E-state index in [4.69, 9.17) is 4.74 Å². The van der Waals surface area contributed by atoms with Crippen molar-refractivity contribution in [2.75, 3.05) is 0 Å². The third kappa shape index (κ3) is 4.27. The number of phenols is 3. The van der Waals surface area contributed by atoms with Gasteiger partial charge < -0.3 is 30.3 Å². The van der Waals surface area contributed by atoms with Crippen LogP contribution in [0.4, 0.5) is 0 Å². The minimum Gasteiger partial charge on any atom is -0.504 e. The minimum absolute atomic E-state index is 0.185. The largest absolute Gasteiger partial charge is 0.504 e. The molecule has 8 nitrogen and oxygen atoms in total. The SMILES string of the molecule is CC(C)(C)c1cc(Oc2cc(C(C)(C)C)c(C(=O)O)c(O)c2O)c(O)c(C(=O)O)c1. The highest BCUT2D eigenvalue weighted by Crippen LogP contribution is 2.47. The number of carboxylic acids is 2. The minimum atomic E-state index is -1.43. The predicted molar refractivity (Wildman–Crippen MR) is 109 cm³/mol. The highest BCUT2D eigenvalue weighted by Gasteiger charge is 2.30. The molecule has 0 amide bonds. The molecule has 0 fully saturated rings. The van der Waals surface area contributed by atoms with E-state index in [0.29, 0.717) is 5.56 Å². The van der Waals surface area contributed by atoms with Crippen molar-refractivity contribution in [2.24, 2.45) is 0 Å². The van der Waals surface area contributed by atoms with Crippen molar-refractivity contribution in [2.45, 2.75) is 52.4 Å². The fraction of sp³-hybridized carbons (Fsp3) is 0.364. The zero-order valence-electron chi connectivity index (χ0n) is 17.7. The number of benzene rings is 2. The quantitative estimate of drug-likeness (QED) is 0.454. The summed E-state index contributed by atoms with van der Waals surface area (Å²) in [6.45, 7) is 10.7. The summed E-state index contributed by atoms with van der Waals surface area (Å²) in [6.07, 6.45) is 0. The summed E-state index contributed by atoms with van der Waals surface area (Å²) >= 11 is 0. The maximum absolute atomic E-state index is 11.6. The van der Waals surface area contributed by atoms with E-state index in [1.807, 2.05) is 20.8 Å². The van der Waals surface area contributed by atoms with Crippen LogP contribution in [0.3, 0.4) is 0 Å². The van der Waals surface area contributed by atoms with Crippen LogP contribution in [-0.2, 0) is 10.8 Å². The Hall–Kier alpha value is -3.42. The first-order chi connectivity index (χ1) is 13.6. The molecule has 2 rings (SSSR count). The van der Waals surface area contributed by atoms with Gasteiger partial charge in [0.15, 0.2) is 23.0 Å². The van der Waals surface area contributed by atoms with Gasteiger partial charge in [-0.15, -0.1) is 0 Å². The molecule has 0 heterocycles. The molecule has 0 bridgehead atoms. The molecule has 0 aromatic heterocycles. The number of hydrogen-bond donors (Lipinski definition) is 5. The third-order valence-electron chi connectivity index (χ3n) is 4.65. The molecule has 0 unspecified atom stereocenters. The summed E-state index contributed by atoms with van der Waals surface area (Å²) in [7, 11) is 0. The van der Waals surface area contributed by atoms with Crippen LogP contribution in [0.25, 0.3) is 0 Å². The molecule has 0 saturated heterocycles. The number of ether oxygens (including phenoxy) is 1. The van der Waals surface area contributed by atoms with Gasteiger partial charge >= 0.3 is 11.9 Å². The summed E-state index contributed by atoms with van der Waals surface area (Å²) in [5, 5.41) is 49.9. The van der Waals surface area contributed by atoms with Gasteiger partial charge in [0.05, 0.1) is 0 Å². The zero-order valence-corrected chi connectivity index (χ0v) is 17.7. The molecule has 30 heavy (non-hydrogen) atoms. The number of rotatable bonds is 4. The van der Waals surface area contributed by atoms with E-state index in [2.05, 4.69) is 0 Å². The maximum atomic E-state index is 11.6. The van der Waals surface area contributed by atoms with E-state index < -0.39 is 45.6 Å². The van der Waals surface area contributed by atoms with Crippen molar-refractivity contribution < 1.29 is 39.9 Å². The van der Waals surface area contributed by atoms with Crippen molar-refractivity contribution >= 4 is 11.9 Å². The van der Waals surface area contributed by atoms with Gasteiger partial charge in [0.1, 0.15) is 11.1 Å². The van der Waals surface area contributed by atoms with Gasteiger partial charge in [0, 0.05) is 0 Å². The smallest absolute Gasteiger partial charge is 0.339 e. The first-order valence-corrected chi connectivity index (χ1v) is 9.17. The monoisotopic (exact) mass is 418 g/mol. The lowest BCUT2D eigenvalue weighted by molar-refractivity contribution is 0.0679. The molecule has 8 heteroatoms. The van der Waals surface area contributed by atoms with Gasteiger partial charge in [0.2, 0.25) is 5.75 Å². The first kappa shape index (κ1) is 22.9. The zero-order chi connectivity index (χ0) is 23.2. The Kier molecular flexibility index (Phi) is 5.67. The second-order valence-electron chi connectivity index (χ2n) is 9.08. The van der Waals surface area contributed by atoms with Crippen LogP contribution < -0.4 is 4.74 Å². The van der Waals surface area contributed by atoms with E-state index in [9.17, 15) is 35.1 Å². The van der Waals surface area contributed by atoms with E-state index in [1.54, 1.807) is 20.8 Å². The molecule has 2 aromatic carbocycles. The van der Waals surface area contributed by atoms with E-state index in [1.165, 1.54) is 18.2 Å². The molecular weight excluding hydrogens is 392 g/mol. The van der Waals surface area contributed by atoms with E-state index in [0.717, 1.165) is 0 Å². The number of aromatic hydroxyl groups is 3. The Bertz CT molecular complexity index is 1020. The van der Waals surface area contributed by atoms with Crippen LogP contribution >= 0.6 is 0 Å². The highest BCUT2D eigenvalue weighted by atomic mass is 16.5. The molecular formula is C22H26O8. The Balaban J connectivity index is 2.77. The lowest BCUT2D eigenvalue weighted by Gasteiger charge is -2.24. The third-order valence-corrected chi connectivity index (χ3v) is 4.65. The van der Waals surface area contributed by atoms with Crippen molar-refractivity contribution in [3.63, 3.8) is 0 Å². The summed E-state index contributed by atoms with van der Waals surface area (Å²) in [4.78, 5) is 23.2. The number of carbonyl (C=O) groups is 2. The van der Waals surface area contributed by atoms with Crippen LogP contribution in [0, 0.1) is 0 Å². The number of hydrogen-bond acceptors (Lipinski definition) is 6. The average molecular weight is 418 g/mol. The molecule has 2 aromatic rings. The van der Waals surface area contributed by atoms with Crippen LogP contribution in [0.15, 0.2) is 18.2 Å². The van der Waals surface area contributed by atoms with Gasteiger partial charge in [0.25, 0.3) is 0 Å². The van der Waals surface area contributed by atoms with Crippen LogP contribution in [-0.4, -0.2) is 37.5 Å². The average Bonchev–Trinajstić information content (AvgIpc) is 2.57. The fourth-order valence-electron chi connectivity index (χ4n) is 2.92. The van der Waals surface area contributed by atoms with Crippen molar-refractivity contribution in [1.29, 1.82) is 0 Å². The van der Waals surface area contributed by atoms with E-state index in [-0.39, 0.29) is 22.6 Å². The second kappa shape index (κ2) is 7.44. The Morgan fingerprint density at radius 3 is 1.70 bits per heavy atom. The van der Waals surface area contributed by atoms with Crippen molar-refractivity contribution in [3.05, 3.63) is 40.5 Å². The Morgan fingerprint density at radius 1 is 0.733 bits per heavy atom. The molecule has 0 aliphatic heterocycles. The molecule has 0 atom stereocenters. The normalized spacial score (nSPS) is 11.9. The Morgan fingerprint density at radius 2 is 1.27 bits per heavy atom. The molecule has 0 radical (unpaired) electrons. The van der Waals surface area contributed by atoms with Gasteiger partial charge in [-0.25, -0.2) is 9.59 Å². The van der Waals surface area contributed by atoms with Crippen molar-refractivity contribution in [3.8, 4) is 28.7 Å². The van der Waals surface area contributed by atoms with Crippen LogP contribution in [0.2, 0.25) is 0 Å². The molecule has 162 valence electrons. The van der Waals surface area contributed by atoms with Crippen molar-refractivity contribution in [1.82, 2.24) is 0 Å². The number of phenolic OH excluding ortho intramolecular Hbond substituents is 1. The summed E-state index contributed by atoms with van der Waals surface area (Å²) < 4.78 is 5.60. The fourth-order valence-corrected chi connectivity index (χ4v) is 2.92. The van der Waals surface area contributed by atoms with E-state index >= 15 is 0 Å². The summed E-state index contributed by atoms with van der Waals surface area (Å²) in [6, 6.07) is 4.01. The number of carboxylic acid groups (broad SMARTS) is 2. The van der Waals surface area contributed by atoms with Gasteiger partial charge in [-0.1, -0.05) is 41.5 Å². The highest BCUT2D eigenvalue weighted by molar-refractivity contribution is 5.95. The molecule has 0 spiro atoms. The Labute approximate surface area is 174 Å². The summed E-state index contributed by atoms with van der Waals surface area (Å²) in [5.41, 5.74) is -1.34. The lowest BCUT2D eigenvalue weighted by Crippen LogP contribution is -2.17. The lowest BCUT2D eigenvalue weighted by atomic mass is 9.83. The van der Waals surface area contributed by atoms with Gasteiger partial charge in [-0.05, 0) is 40.2 Å². The molecule has 0 aliphatic rings. The standard InChI is InChI=1S/C22H26O8/c1-21(2,3)10-7-11(19(26)27)16(23)13(8-10)30-14-9-12(22(4,5)6)15(20(28)29)18(25)17(14)24/h7-9,23-25H,1-6H3,(H,26,27)(H,28,29). The topological polar surface area (TPSA) is 145 Å². The maximum Gasteiger partial charge on any atom is 0.339 e. The van der Waals surface area contributed by atoms with Crippen LogP contribution in [0.1, 0.15) is 73.4 Å². The van der Waals surface area contributed by atoms with Gasteiger partial charge in [-0.3, -0.25) is 0 Å². The predicted octanol–water partition coefficient (Wildman–Crippen LogP) is 4.59. The molecule has 0 saturated carbocycles. The number of aromatic carboxylic acids is 2. The molecule has 0 aliphatic carbocycles. The van der Waals surface area contributed by atoms with Crippen LogP contribution in [0.5, 0.6) is 28.7 Å². The second-order valence-corrected chi connectivity index (χ2v) is 9.08.